The van der Waals surface area contributed by atoms with Crippen LogP contribution in [0.5, 0.6) is 0 Å². The molecule has 2 rings (SSSR count). The largest absolute Gasteiger partial charge is 0.368 e. The van der Waals surface area contributed by atoms with Gasteiger partial charge in [0.2, 0.25) is 5.91 Å². The van der Waals surface area contributed by atoms with Crippen molar-refractivity contribution >= 4 is 29.2 Å². The Bertz CT molecular complexity index is 544. The van der Waals surface area contributed by atoms with Gasteiger partial charge in [-0.05, 0) is 19.1 Å². The standard InChI is InChI=1S/C15H21ClN4O2/c1-11(14(21)18-15(22)17-2)19-7-9-20(10-8-19)13-6-4-3-5-12(13)16/h3-6,11H,7-10H2,1-2H3,(H2,17,18,21,22)/t11-/m1/s1. The molecule has 22 heavy (non-hydrogen) atoms. The van der Waals surface area contributed by atoms with Crippen molar-refractivity contribution in [2.24, 2.45) is 0 Å². The summed E-state index contributed by atoms with van der Waals surface area (Å²) in [6.07, 6.45) is 0. The molecule has 1 atom stereocenters. The van der Waals surface area contributed by atoms with Crippen LogP contribution in [0.2, 0.25) is 5.02 Å². The molecular formula is C15H21ClN4O2. The molecule has 1 fully saturated rings. The van der Waals surface area contributed by atoms with Gasteiger partial charge in [-0.15, -0.1) is 0 Å². The SMILES string of the molecule is CNC(=O)NC(=O)[C@@H](C)N1CCN(c2ccccc2Cl)CC1. The maximum Gasteiger partial charge on any atom is 0.321 e. The van der Waals surface area contributed by atoms with Gasteiger partial charge in [-0.2, -0.15) is 0 Å². The topological polar surface area (TPSA) is 64.7 Å². The number of nitrogens with one attached hydrogen (secondary N) is 2. The highest BCUT2D eigenvalue weighted by molar-refractivity contribution is 6.33. The number of amides is 3. The summed E-state index contributed by atoms with van der Waals surface area (Å²) in [7, 11) is 1.48. The van der Waals surface area contributed by atoms with Gasteiger partial charge in [0.05, 0.1) is 16.8 Å². The number of carbonyl (C=O) groups excluding carboxylic acids is 2. The fourth-order valence-corrected chi connectivity index (χ4v) is 2.76. The van der Waals surface area contributed by atoms with Gasteiger partial charge in [0.15, 0.2) is 0 Å². The van der Waals surface area contributed by atoms with Gasteiger partial charge < -0.3 is 10.2 Å². The Labute approximate surface area is 135 Å². The van der Waals surface area contributed by atoms with E-state index in [1.807, 2.05) is 31.2 Å². The Hall–Kier alpha value is -1.79. The summed E-state index contributed by atoms with van der Waals surface area (Å²) in [5, 5.41) is 5.43. The second-order valence-electron chi connectivity index (χ2n) is 5.22. The number of benzene rings is 1. The van der Waals surface area contributed by atoms with Gasteiger partial charge in [0.25, 0.3) is 0 Å². The molecule has 0 spiro atoms. The summed E-state index contributed by atoms with van der Waals surface area (Å²) in [6, 6.07) is 6.93. The van der Waals surface area contributed by atoms with Crippen LogP contribution in [-0.2, 0) is 4.79 Å². The summed E-state index contributed by atoms with van der Waals surface area (Å²) in [5.41, 5.74) is 1.02. The van der Waals surface area contributed by atoms with Crippen LogP contribution in [0.25, 0.3) is 0 Å². The quantitative estimate of drug-likeness (QED) is 0.880. The number of nitrogens with zero attached hydrogens (tertiary/aromatic N) is 2. The number of anilines is 1. The first-order chi connectivity index (χ1) is 10.5. The van der Waals surface area contributed by atoms with Gasteiger partial charge in [0.1, 0.15) is 0 Å². The van der Waals surface area contributed by atoms with Crippen LogP contribution in [0.3, 0.4) is 0 Å². The molecule has 3 amide bonds. The van der Waals surface area contributed by atoms with Crippen molar-refractivity contribution in [2.45, 2.75) is 13.0 Å². The maximum atomic E-state index is 12.0. The Balaban J connectivity index is 1.90. The number of para-hydroxylation sites is 1. The number of rotatable bonds is 3. The molecule has 1 heterocycles. The van der Waals surface area contributed by atoms with Crippen LogP contribution < -0.4 is 15.5 Å². The average molecular weight is 325 g/mol. The Kier molecular flexibility index (Phi) is 5.63. The molecule has 1 aliphatic heterocycles. The first kappa shape index (κ1) is 16.6. The maximum absolute atomic E-state index is 12.0. The number of carbonyl (C=O) groups is 2. The fourth-order valence-electron chi connectivity index (χ4n) is 2.50. The van der Waals surface area contributed by atoms with Crippen LogP contribution in [0.15, 0.2) is 24.3 Å². The zero-order valence-electron chi connectivity index (χ0n) is 12.8. The summed E-state index contributed by atoms with van der Waals surface area (Å²) >= 11 is 6.22. The van der Waals surface area contributed by atoms with Crippen molar-refractivity contribution in [3.8, 4) is 0 Å². The lowest BCUT2D eigenvalue weighted by Gasteiger charge is -2.38. The molecule has 120 valence electrons. The number of imide groups is 1. The molecular weight excluding hydrogens is 304 g/mol. The van der Waals surface area contributed by atoms with Crippen LogP contribution in [0.4, 0.5) is 10.5 Å². The molecule has 1 aliphatic rings. The molecule has 0 bridgehead atoms. The average Bonchev–Trinajstić information content (AvgIpc) is 2.54. The van der Waals surface area contributed by atoms with E-state index in [1.54, 1.807) is 0 Å². The van der Waals surface area contributed by atoms with Crippen molar-refractivity contribution in [3.05, 3.63) is 29.3 Å². The fraction of sp³-hybridized carbons (Fsp3) is 0.467. The smallest absolute Gasteiger partial charge is 0.321 e. The number of piperazine rings is 1. The predicted octanol–water partition coefficient (Wildman–Crippen LogP) is 1.31. The van der Waals surface area contributed by atoms with E-state index in [-0.39, 0.29) is 11.9 Å². The summed E-state index contributed by atoms with van der Waals surface area (Å²) in [6.45, 7) is 4.88. The molecule has 0 aliphatic carbocycles. The number of hydrogen-bond donors (Lipinski definition) is 2. The summed E-state index contributed by atoms with van der Waals surface area (Å²) in [4.78, 5) is 27.4. The molecule has 0 saturated carbocycles. The number of hydrogen-bond acceptors (Lipinski definition) is 4. The third-order valence-corrected chi connectivity index (χ3v) is 4.22. The molecule has 6 nitrogen and oxygen atoms in total. The minimum absolute atomic E-state index is 0.287. The van der Waals surface area contributed by atoms with Gasteiger partial charge >= 0.3 is 6.03 Å². The van der Waals surface area contributed by atoms with Gasteiger partial charge in [-0.3, -0.25) is 15.0 Å². The van der Waals surface area contributed by atoms with Crippen molar-refractivity contribution in [2.75, 3.05) is 38.1 Å². The van der Waals surface area contributed by atoms with Crippen LogP contribution in [0.1, 0.15) is 6.92 Å². The van der Waals surface area contributed by atoms with Crippen molar-refractivity contribution < 1.29 is 9.59 Å². The second-order valence-corrected chi connectivity index (χ2v) is 5.63. The molecule has 1 aromatic carbocycles. The first-order valence-electron chi connectivity index (χ1n) is 7.29. The third-order valence-electron chi connectivity index (χ3n) is 3.90. The van der Waals surface area contributed by atoms with Crippen molar-refractivity contribution in [1.29, 1.82) is 0 Å². The number of urea groups is 1. The van der Waals surface area contributed by atoms with Gasteiger partial charge in [0, 0.05) is 33.2 Å². The van der Waals surface area contributed by atoms with E-state index in [0.29, 0.717) is 0 Å². The lowest BCUT2D eigenvalue weighted by molar-refractivity contribution is -0.124. The minimum Gasteiger partial charge on any atom is -0.368 e. The zero-order chi connectivity index (χ0) is 16.1. The molecule has 2 N–H and O–H groups in total. The Morgan fingerprint density at radius 1 is 1.18 bits per heavy atom. The molecule has 7 heteroatoms. The van der Waals surface area contributed by atoms with Crippen molar-refractivity contribution in [3.63, 3.8) is 0 Å². The monoisotopic (exact) mass is 324 g/mol. The van der Waals surface area contributed by atoms with E-state index in [9.17, 15) is 9.59 Å². The lowest BCUT2D eigenvalue weighted by Crippen LogP contribution is -2.55. The third kappa shape index (κ3) is 3.90. The Morgan fingerprint density at radius 2 is 1.82 bits per heavy atom. The molecule has 0 aromatic heterocycles. The molecule has 0 radical (unpaired) electrons. The van der Waals surface area contributed by atoms with E-state index < -0.39 is 6.03 Å². The Morgan fingerprint density at radius 3 is 2.41 bits per heavy atom. The van der Waals surface area contributed by atoms with E-state index in [0.717, 1.165) is 36.9 Å². The minimum atomic E-state index is -0.480. The van der Waals surface area contributed by atoms with E-state index in [1.165, 1.54) is 7.05 Å². The van der Waals surface area contributed by atoms with Crippen molar-refractivity contribution in [1.82, 2.24) is 15.5 Å². The van der Waals surface area contributed by atoms with Crippen LogP contribution in [-0.4, -0.2) is 56.1 Å². The molecule has 1 aromatic rings. The van der Waals surface area contributed by atoms with E-state index in [2.05, 4.69) is 20.4 Å². The predicted molar refractivity (Wildman–Crippen MR) is 87.3 cm³/mol. The lowest BCUT2D eigenvalue weighted by atomic mass is 10.2. The zero-order valence-corrected chi connectivity index (χ0v) is 13.6. The summed E-state index contributed by atoms with van der Waals surface area (Å²) in [5.74, 6) is -0.287. The molecule has 1 saturated heterocycles. The highest BCUT2D eigenvalue weighted by Crippen LogP contribution is 2.26. The summed E-state index contributed by atoms with van der Waals surface area (Å²) < 4.78 is 0. The second kappa shape index (κ2) is 7.47. The van der Waals surface area contributed by atoms with Crippen LogP contribution in [0, 0.1) is 0 Å². The van der Waals surface area contributed by atoms with Gasteiger partial charge in [-0.25, -0.2) is 4.79 Å². The highest BCUT2D eigenvalue weighted by Gasteiger charge is 2.26. The van der Waals surface area contributed by atoms with Crippen LogP contribution >= 0.6 is 11.6 Å². The highest BCUT2D eigenvalue weighted by atomic mass is 35.5. The first-order valence-corrected chi connectivity index (χ1v) is 7.67. The van der Waals surface area contributed by atoms with Gasteiger partial charge in [-0.1, -0.05) is 23.7 Å². The molecule has 0 unspecified atom stereocenters. The van der Waals surface area contributed by atoms with E-state index in [4.69, 9.17) is 11.6 Å². The number of halogens is 1. The van der Waals surface area contributed by atoms with E-state index >= 15 is 0 Å². The normalized spacial score (nSPS) is 17.0.